The number of aryl methyl sites for hydroxylation is 3. The highest BCUT2D eigenvalue weighted by atomic mass is 16.4. The van der Waals surface area contributed by atoms with Gasteiger partial charge in [-0.25, -0.2) is 4.98 Å². The number of hydrogen-bond donors (Lipinski definition) is 1. The van der Waals surface area contributed by atoms with E-state index in [-0.39, 0.29) is 11.9 Å². The molecular formula is C16H22N4O2. The van der Waals surface area contributed by atoms with Crippen LogP contribution in [0.3, 0.4) is 0 Å². The molecule has 2 aromatic heterocycles. The summed E-state index contributed by atoms with van der Waals surface area (Å²) in [5.41, 5.74) is 1.04. The minimum Gasteiger partial charge on any atom is -0.456 e. The second kappa shape index (κ2) is 5.94. The van der Waals surface area contributed by atoms with Crippen LogP contribution in [0.1, 0.15) is 65.8 Å². The summed E-state index contributed by atoms with van der Waals surface area (Å²) in [5, 5.41) is 7.11. The average molecular weight is 302 g/mol. The summed E-state index contributed by atoms with van der Waals surface area (Å²) in [5.74, 6) is 2.72. The summed E-state index contributed by atoms with van der Waals surface area (Å²) in [6.45, 7) is 6.60. The Morgan fingerprint density at radius 1 is 1.45 bits per heavy atom. The monoisotopic (exact) mass is 302 g/mol. The molecule has 2 aromatic rings. The van der Waals surface area contributed by atoms with Crippen molar-refractivity contribution in [2.75, 3.05) is 6.54 Å². The first-order valence-corrected chi connectivity index (χ1v) is 7.89. The standard InChI is InChI=1S/C16H22N4O2/c1-4-13-10(2)9-14(22-13)16(21)20-8-6-5-7-12(20)15-17-11(3)18-19-15/h9,12H,4-8H2,1-3H3,(H,17,18,19)/t12-/m0/s1. The molecule has 1 amide bonds. The lowest BCUT2D eigenvalue weighted by Crippen LogP contribution is -2.38. The lowest BCUT2D eigenvalue weighted by Gasteiger charge is -2.33. The van der Waals surface area contributed by atoms with E-state index in [2.05, 4.69) is 15.2 Å². The molecule has 0 aliphatic carbocycles. The number of aromatic amines is 1. The number of likely N-dealkylation sites (tertiary alicyclic amines) is 1. The predicted molar refractivity (Wildman–Crippen MR) is 81.6 cm³/mol. The molecule has 3 heterocycles. The number of carbonyl (C=O) groups excluding carboxylic acids is 1. The molecular weight excluding hydrogens is 280 g/mol. The van der Waals surface area contributed by atoms with Crippen molar-refractivity contribution < 1.29 is 9.21 Å². The van der Waals surface area contributed by atoms with Gasteiger partial charge in [0.1, 0.15) is 11.6 Å². The van der Waals surface area contributed by atoms with Gasteiger partial charge in [0.2, 0.25) is 0 Å². The van der Waals surface area contributed by atoms with Crippen molar-refractivity contribution in [3.8, 4) is 0 Å². The second-order valence-corrected chi connectivity index (χ2v) is 5.86. The molecule has 6 nitrogen and oxygen atoms in total. The van der Waals surface area contributed by atoms with E-state index in [0.29, 0.717) is 11.6 Å². The Hall–Kier alpha value is -2.11. The summed E-state index contributed by atoms with van der Waals surface area (Å²) in [6.07, 6.45) is 3.78. The van der Waals surface area contributed by atoms with Gasteiger partial charge >= 0.3 is 0 Å². The van der Waals surface area contributed by atoms with Gasteiger partial charge in [0.05, 0.1) is 6.04 Å². The Bertz CT molecular complexity index is 673. The first-order valence-electron chi connectivity index (χ1n) is 7.89. The van der Waals surface area contributed by atoms with Gasteiger partial charge < -0.3 is 9.32 Å². The molecule has 0 aromatic carbocycles. The summed E-state index contributed by atoms with van der Waals surface area (Å²) >= 11 is 0. The number of furan rings is 1. The molecule has 0 spiro atoms. The number of aromatic nitrogens is 3. The molecule has 0 unspecified atom stereocenters. The Morgan fingerprint density at radius 3 is 2.91 bits per heavy atom. The normalized spacial score (nSPS) is 18.7. The zero-order valence-electron chi connectivity index (χ0n) is 13.3. The number of amides is 1. The van der Waals surface area contributed by atoms with Crippen LogP contribution in [0.5, 0.6) is 0 Å². The second-order valence-electron chi connectivity index (χ2n) is 5.86. The largest absolute Gasteiger partial charge is 0.456 e. The van der Waals surface area contributed by atoms with Gasteiger partial charge in [-0.15, -0.1) is 0 Å². The number of nitrogens with one attached hydrogen (secondary N) is 1. The quantitative estimate of drug-likeness (QED) is 0.946. The fourth-order valence-electron chi connectivity index (χ4n) is 3.07. The highest BCUT2D eigenvalue weighted by Crippen LogP contribution is 2.31. The maximum absolute atomic E-state index is 12.8. The number of hydrogen-bond acceptors (Lipinski definition) is 4. The number of H-pyrrole nitrogens is 1. The molecule has 0 saturated carbocycles. The van der Waals surface area contributed by atoms with Crippen LogP contribution in [0.15, 0.2) is 10.5 Å². The maximum Gasteiger partial charge on any atom is 0.290 e. The molecule has 1 aliphatic rings. The van der Waals surface area contributed by atoms with Crippen LogP contribution in [-0.2, 0) is 6.42 Å². The minimum absolute atomic E-state index is 0.0602. The molecule has 6 heteroatoms. The molecule has 1 fully saturated rings. The van der Waals surface area contributed by atoms with Crippen LogP contribution >= 0.6 is 0 Å². The Balaban J connectivity index is 1.87. The van der Waals surface area contributed by atoms with E-state index in [9.17, 15) is 4.79 Å². The van der Waals surface area contributed by atoms with Crippen molar-refractivity contribution >= 4 is 5.91 Å². The third kappa shape index (κ3) is 2.65. The van der Waals surface area contributed by atoms with Crippen LogP contribution in [0, 0.1) is 13.8 Å². The van der Waals surface area contributed by atoms with E-state index in [0.717, 1.165) is 49.4 Å². The number of nitrogens with zero attached hydrogens (tertiary/aromatic N) is 3. The topological polar surface area (TPSA) is 75.0 Å². The van der Waals surface area contributed by atoms with Crippen molar-refractivity contribution in [3.05, 3.63) is 34.8 Å². The molecule has 1 atom stereocenters. The van der Waals surface area contributed by atoms with E-state index in [1.54, 1.807) is 0 Å². The molecule has 0 radical (unpaired) electrons. The lowest BCUT2D eigenvalue weighted by molar-refractivity contribution is 0.0566. The van der Waals surface area contributed by atoms with Crippen molar-refractivity contribution in [3.63, 3.8) is 0 Å². The zero-order valence-corrected chi connectivity index (χ0v) is 13.3. The predicted octanol–water partition coefficient (Wildman–Crippen LogP) is 2.94. The summed E-state index contributed by atoms with van der Waals surface area (Å²) in [6, 6.07) is 1.78. The van der Waals surface area contributed by atoms with Crippen LogP contribution in [0.4, 0.5) is 0 Å². The third-order valence-electron chi connectivity index (χ3n) is 4.23. The molecule has 1 aliphatic heterocycles. The van der Waals surface area contributed by atoms with Crippen molar-refractivity contribution in [1.29, 1.82) is 0 Å². The van der Waals surface area contributed by atoms with E-state index >= 15 is 0 Å². The molecule has 1 N–H and O–H groups in total. The smallest absolute Gasteiger partial charge is 0.290 e. The fourth-order valence-corrected chi connectivity index (χ4v) is 3.07. The Morgan fingerprint density at radius 2 is 2.27 bits per heavy atom. The van der Waals surface area contributed by atoms with Crippen molar-refractivity contribution in [2.24, 2.45) is 0 Å². The molecule has 0 bridgehead atoms. The third-order valence-corrected chi connectivity index (χ3v) is 4.23. The highest BCUT2D eigenvalue weighted by molar-refractivity contribution is 5.92. The van der Waals surface area contributed by atoms with Gasteiger partial charge in [-0.1, -0.05) is 6.92 Å². The lowest BCUT2D eigenvalue weighted by atomic mass is 10.0. The van der Waals surface area contributed by atoms with Crippen LogP contribution in [0.25, 0.3) is 0 Å². The first kappa shape index (κ1) is 14.8. The van der Waals surface area contributed by atoms with E-state index in [1.807, 2.05) is 31.7 Å². The van der Waals surface area contributed by atoms with Crippen LogP contribution < -0.4 is 0 Å². The summed E-state index contributed by atoms with van der Waals surface area (Å²) in [7, 11) is 0. The van der Waals surface area contributed by atoms with E-state index < -0.39 is 0 Å². The van der Waals surface area contributed by atoms with Gasteiger partial charge in [-0.05, 0) is 44.7 Å². The van der Waals surface area contributed by atoms with Crippen molar-refractivity contribution in [1.82, 2.24) is 20.1 Å². The Kier molecular flexibility index (Phi) is 4.00. The molecule has 3 rings (SSSR count). The average Bonchev–Trinajstić information content (AvgIpc) is 3.12. The fraction of sp³-hybridized carbons (Fsp3) is 0.562. The number of rotatable bonds is 3. The van der Waals surface area contributed by atoms with Gasteiger partial charge in [0, 0.05) is 13.0 Å². The Labute approximate surface area is 129 Å². The summed E-state index contributed by atoms with van der Waals surface area (Å²) in [4.78, 5) is 19.1. The molecule has 118 valence electrons. The number of piperidine rings is 1. The molecule has 1 saturated heterocycles. The SMILES string of the molecule is CCc1oc(C(=O)N2CCCC[C@H]2c2n[nH]c(C)n2)cc1C. The van der Waals surface area contributed by atoms with E-state index in [1.165, 1.54) is 0 Å². The summed E-state index contributed by atoms with van der Waals surface area (Å²) < 4.78 is 5.73. The van der Waals surface area contributed by atoms with Crippen LogP contribution in [-0.4, -0.2) is 32.5 Å². The highest BCUT2D eigenvalue weighted by Gasteiger charge is 2.32. The van der Waals surface area contributed by atoms with Gasteiger partial charge in [0.25, 0.3) is 5.91 Å². The van der Waals surface area contributed by atoms with Gasteiger partial charge in [0.15, 0.2) is 11.6 Å². The van der Waals surface area contributed by atoms with Gasteiger partial charge in [-0.2, -0.15) is 5.10 Å². The van der Waals surface area contributed by atoms with Crippen molar-refractivity contribution in [2.45, 2.75) is 52.5 Å². The zero-order chi connectivity index (χ0) is 15.7. The number of carbonyl (C=O) groups is 1. The maximum atomic E-state index is 12.8. The van der Waals surface area contributed by atoms with E-state index in [4.69, 9.17) is 4.42 Å². The molecule has 22 heavy (non-hydrogen) atoms. The first-order chi connectivity index (χ1) is 10.6. The van der Waals surface area contributed by atoms with Gasteiger partial charge in [-0.3, -0.25) is 9.89 Å². The minimum atomic E-state index is -0.0679. The van der Waals surface area contributed by atoms with Crippen LogP contribution in [0.2, 0.25) is 0 Å².